The summed E-state index contributed by atoms with van der Waals surface area (Å²) in [6.45, 7) is 0. The van der Waals surface area contributed by atoms with Crippen molar-refractivity contribution in [1.29, 1.82) is 0 Å². The summed E-state index contributed by atoms with van der Waals surface area (Å²) in [5.74, 6) is 0.209. The molecule has 0 aliphatic carbocycles. The van der Waals surface area contributed by atoms with E-state index in [1.54, 1.807) is 23.9 Å². The molecule has 1 aliphatic heterocycles. The highest BCUT2D eigenvalue weighted by Gasteiger charge is 2.24. The van der Waals surface area contributed by atoms with E-state index < -0.39 is 5.97 Å². The molecule has 0 radical (unpaired) electrons. The van der Waals surface area contributed by atoms with Crippen LogP contribution in [-0.4, -0.2) is 35.1 Å². The zero-order chi connectivity index (χ0) is 13.8. The van der Waals surface area contributed by atoms with Crippen LogP contribution in [0.5, 0.6) is 5.75 Å². The molecule has 5 nitrogen and oxygen atoms in total. The number of aromatic carboxylic acids is 1. The summed E-state index contributed by atoms with van der Waals surface area (Å²) in [6, 6.07) is 4.59. The zero-order valence-corrected chi connectivity index (χ0v) is 11.3. The van der Waals surface area contributed by atoms with E-state index in [2.05, 4.69) is 5.32 Å². The minimum absolute atomic E-state index is 0.0377. The van der Waals surface area contributed by atoms with Gasteiger partial charge in [-0.15, -0.1) is 11.8 Å². The molecule has 0 aromatic heterocycles. The molecule has 19 heavy (non-hydrogen) atoms. The van der Waals surface area contributed by atoms with Crippen molar-refractivity contribution in [3.63, 3.8) is 0 Å². The number of carboxylic acids is 1. The molecular weight excluding hydrogens is 266 g/mol. The van der Waals surface area contributed by atoms with Crippen molar-refractivity contribution < 1.29 is 19.4 Å². The minimum atomic E-state index is -1.09. The number of amides is 1. The lowest BCUT2D eigenvalue weighted by molar-refractivity contribution is -0.115. The second-order valence-corrected chi connectivity index (χ2v) is 5.52. The number of nitrogens with one attached hydrogen (secondary N) is 1. The number of ether oxygens (including phenoxy) is 1. The Morgan fingerprint density at radius 3 is 2.84 bits per heavy atom. The maximum absolute atomic E-state index is 12.0. The summed E-state index contributed by atoms with van der Waals surface area (Å²) in [4.78, 5) is 23.2. The Morgan fingerprint density at radius 1 is 1.47 bits per heavy atom. The van der Waals surface area contributed by atoms with Crippen molar-refractivity contribution in [3.05, 3.63) is 23.8 Å². The van der Waals surface area contributed by atoms with Crippen LogP contribution in [0.4, 0.5) is 5.69 Å². The highest BCUT2D eigenvalue weighted by Crippen LogP contribution is 2.28. The Hall–Kier alpha value is -1.69. The number of benzene rings is 1. The highest BCUT2D eigenvalue weighted by atomic mass is 32.2. The summed E-state index contributed by atoms with van der Waals surface area (Å²) in [7, 11) is 1.47. The van der Waals surface area contributed by atoms with Gasteiger partial charge in [-0.2, -0.15) is 0 Å². The maximum Gasteiger partial charge on any atom is 0.337 e. The first-order valence-electron chi connectivity index (χ1n) is 5.95. The monoisotopic (exact) mass is 281 g/mol. The van der Waals surface area contributed by atoms with Crippen LogP contribution in [0.25, 0.3) is 0 Å². The zero-order valence-electron chi connectivity index (χ0n) is 10.5. The van der Waals surface area contributed by atoms with Gasteiger partial charge in [0.25, 0.3) is 0 Å². The van der Waals surface area contributed by atoms with Crippen molar-refractivity contribution in [3.8, 4) is 5.75 Å². The van der Waals surface area contributed by atoms with Gasteiger partial charge in [0, 0.05) is 0 Å². The topological polar surface area (TPSA) is 75.6 Å². The van der Waals surface area contributed by atoms with E-state index in [1.165, 1.54) is 13.2 Å². The molecule has 1 aromatic carbocycles. The predicted octanol–water partition coefficient (Wildman–Crippen LogP) is 2.23. The van der Waals surface area contributed by atoms with Gasteiger partial charge in [0.15, 0.2) is 0 Å². The number of thioether (sulfide) groups is 1. The van der Waals surface area contributed by atoms with Crippen LogP contribution in [0, 0.1) is 0 Å². The van der Waals surface area contributed by atoms with Gasteiger partial charge in [-0.1, -0.05) is 0 Å². The van der Waals surface area contributed by atoms with Crippen LogP contribution in [-0.2, 0) is 4.79 Å². The summed E-state index contributed by atoms with van der Waals surface area (Å²) >= 11 is 1.61. The molecule has 0 saturated carbocycles. The molecule has 1 fully saturated rings. The van der Waals surface area contributed by atoms with Gasteiger partial charge >= 0.3 is 5.97 Å². The van der Waals surface area contributed by atoms with E-state index in [1.807, 2.05) is 0 Å². The number of anilines is 1. The lowest BCUT2D eigenvalue weighted by Crippen LogP contribution is -2.24. The minimum Gasteiger partial charge on any atom is -0.497 e. The Labute approximate surface area is 115 Å². The van der Waals surface area contributed by atoms with Crippen LogP contribution in [0.15, 0.2) is 18.2 Å². The quantitative estimate of drug-likeness (QED) is 0.885. The number of methoxy groups -OCH3 is 1. The molecule has 2 rings (SSSR count). The molecule has 0 spiro atoms. The third kappa shape index (κ3) is 3.20. The Bertz CT molecular complexity index is 497. The molecule has 1 unspecified atom stereocenters. The molecule has 1 aliphatic rings. The average molecular weight is 281 g/mol. The van der Waals surface area contributed by atoms with Crippen molar-refractivity contribution >= 4 is 29.3 Å². The normalized spacial score (nSPS) is 18.1. The first-order chi connectivity index (χ1) is 9.11. The number of rotatable bonds is 4. The lowest BCUT2D eigenvalue weighted by atomic mass is 10.1. The predicted molar refractivity (Wildman–Crippen MR) is 74.1 cm³/mol. The van der Waals surface area contributed by atoms with Crippen LogP contribution in [0.3, 0.4) is 0 Å². The molecule has 1 saturated heterocycles. The molecule has 102 valence electrons. The summed E-state index contributed by atoms with van der Waals surface area (Å²) in [6.07, 6.45) is 1.87. The maximum atomic E-state index is 12.0. The van der Waals surface area contributed by atoms with Gasteiger partial charge in [0.1, 0.15) is 5.75 Å². The molecule has 1 heterocycles. The summed E-state index contributed by atoms with van der Waals surface area (Å²) in [5, 5.41) is 11.8. The lowest BCUT2D eigenvalue weighted by Gasteiger charge is -2.12. The Balaban J connectivity index is 2.19. The third-order valence-electron chi connectivity index (χ3n) is 2.94. The number of hydrogen-bond acceptors (Lipinski definition) is 4. The van der Waals surface area contributed by atoms with Crippen LogP contribution >= 0.6 is 11.8 Å². The van der Waals surface area contributed by atoms with Gasteiger partial charge in [0.2, 0.25) is 5.91 Å². The molecule has 1 amide bonds. The van der Waals surface area contributed by atoms with Crippen LogP contribution < -0.4 is 10.1 Å². The fraction of sp³-hybridized carbons (Fsp3) is 0.385. The molecule has 2 N–H and O–H groups in total. The van der Waals surface area contributed by atoms with Crippen LogP contribution in [0.2, 0.25) is 0 Å². The fourth-order valence-corrected chi connectivity index (χ4v) is 3.10. The van der Waals surface area contributed by atoms with Gasteiger partial charge < -0.3 is 15.2 Å². The van der Waals surface area contributed by atoms with E-state index >= 15 is 0 Å². The van der Waals surface area contributed by atoms with E-state index in [0.717, 1.165) is 18.6 Å². The molecule has 6 heteroatoms. The molecule has 0 bridgehead atoms. The second kappa shape index (κ2) is 5.97. The Kier molecular flexibility index (Phi) is 4.31. The van der Waals surface area contributed by atoms with E-state index in [-0.39, 0.29) is 16.7 Å². The summed E-state index contributed by atoms with van der Waals surface area (Å²) in [5.41, 5.74) is 0.349. The van der Waals surface area contributed by atoms with Gasteiger partial charge in [0.05, 0.1) is 23.6 Å². The van der Waals surface area contributed by atoms with Crippen molar-refractivity contribution in [2.45, 2.75) is 18.1 Å². The summed E-state index contributed by atoms with van der Waals surface area (Å²) < 4.78 is 4.98. The van der Waals surface area contributed by atoms with Gasteiger partial charge in [-0.25, -0.2) is 4.79 Å². The fourth-order valence-electron chi connectivity index (χ4n) is 1.93. The standard InChI is InChI=1S/C13H15NO4S/c1-18-8-4-5-10(9(7-8)13(16)17)14-12(15)11-3-2-6-19-11/h4-5,7,11H,2-3,6H2,1H3,(H,14,15)(H,16,17). The van der Waals surface area contributed by atoms with Crippen molar-refractivity contribution in [2.75, 3.05) is 18.2 Å². The molecular formula is C13H15NO4S. The second-order valence-electron chi connectivity index (χ2n) is 4.21. The number of carbonyl (C=O) groups is 2. The number of carbonyl (C=O) groups excluding carboxylic acids is 1. The van der Waals surface area contributed by atoms with E-state index in [9.17, 15) is 9.59 Å². The largest absolute Gasteiger partial charge is 0.497 e. The Morgan fingerprint density at radius 2 is 2.26 bits per heavy atom. The van der Waals surface area contributed by atoms with Crippen molar-refractivity contribution in [1.82, 2.24) is 0 Å². The van der Waals surface area contributed by atoms with E-state index in [0.29, 0.717) is 11.4 Å². The average Bonchev–Trinajstić information content (AvgIpc) is 2.92. The molecule has 1 aromatic rings. The van der Waals surface area contributed by atoms with Crippen LogP contribution in [0.1, 0.15) is 23.2 Å². The van der Waals surface area contributed by atoms with Gasteiger partial charge in [-0.05, 0) is 36.8 Å². The first-order valence-corrected chi connectivity index (χ1v) is 7.00. The number of carboxylic acid groups (broad SMARTS) is 1. The third-order valence-corrected chi connectivity index (χ3v) is 4.31. The smallest absolute Gasteiger partial charge is 0.337 e. The van der Waals surface area contributed by atoms with E-state index in [4.69, 9.17) is 9.84 Å². The number of hydrogen-bond donors (Lipinski definition) is 2. The molecule has 1 atom stereocenters. The van der Waals surface area contributed by atoms with Gasteiger partial charge in [-0.3, -0.25) is 4.79 Å². The first kappa shape index (κ1) is 13.7. The SMILES string of the molecule is COc1ccc(NC(=O)C2CCCS2)c(C(=O)O)c1. The van der Waals surface area contributed by atoms with Crippen molar-refractivity contribution in [2.24, 2.45) is 0 Å². The highest BCUT2D eigenvalue weighted by molar-refractivity contribution is 8.00.